The topological polar surface area (TPSA) is 0 Å². The van der Waals surface area contributed by atoms with Crippen molar-refractivity contribution in [3.63, 3.8) is 0 Å². The molecular formula is CH4CrMoNiV. The van der Waals surface area contributed by atoms with Crippen molar-refractivity contribution in [3.05, 3.63) is 0 Å². The van der Waals surface area contributed by atoms with E-state index in [9.17, 15) is 0 Å². The van der Waals surface area contributed by atoms with Gasteiger partial charge in [0.05, 0.1) is 0 Å². The first-order valence-electron chi connectivity index (χ1n) is 0. The minimum Gasteiger partial charge on any atom is -0.0776 e. The standard InChI is InChI=1S/CH4.Cr.Mo.Ni.V/h1H4;;;;. The molecule has 0 N–H and O–H groups in total. The Morgan fingerprint density at radius 3 is 1.00 bits per heavy atom. The second-order valence-corrected chi connectivity index (χ2v) is 0. The van der Waals surface area contributed by atoms with Crippen LogP contribution in [0, 0.1) is 0 Å². The Balaban J connectivity index is 0. The summed E-state index contributed by atoms with van der Waals surface area (Å²) in [5.41, 5.74) is 0. The second-order valence-electron chi connectivity index (χ2n) is 0. The third-order valence-electron chi connectivity index (χ3n) is 0. The molecule has 0 bridgehead atoms. The van der Waals surface area contributed by atoms with Gasteiger partial charge in [0.2, 0.25) is 0 Å². The fraction of sp³-hybridized carbons (Fsp3) is 1.00. The molecule has 0 nitrogen and oxygen atoms in total. The summed E-state index contributed by atoms with van der Waals surface area (Å²) in [5, 5.41) is 0. The average Bonchev–Trinajstić information content (AvgIpc) is 0. The van der Waals surface area contributed by atoms with Crippen LogP contribution in [0.4, 0.5) is 0 Å². The van der Waals surface area contributed by atoms with Gasteiger partial charge in [0.1, 0.15) is 0 Å². The normalized spacial score (nSPS) is 0. The van der Waals surface area contributed by atoms with Crippen molar-refractivity contribution in [1.82, 2.24) is 0 Å². The van der Waals surface area contributed by atoms with Gasteiger partial charge in [0.25, 0.3) is 0 Å². The summed E-state index contributed by atoms with van der Waals surface area (Å²) in [5.74, 6) is 0. The van der Waals surface area contributed by atoms with E-state index in [2.05, 4.69) is 0 Å². The smallest absolute Gasteiger partial charge is 0 e. The summed E-state index contributed by atoms with van der Waals surface area (Å²) < 4.78 is 0. The predicted molar refractivity (Wildman–Crippen MR) is 6.73 cm³/mol. The van der Waals surface area contributed by atoms with Crippen molar-refractivity contribution in [2.24, 2.45) is 0 Å². The number of hydrogen-bond acceptors (Lipinski definition) is 0. The van der Waals surface area contributed by atoms with Crippen LogP contribution >= 0.6 is 0 Å². The number of hydrogen-bond donors (Lipinski definition) is 0. The van der Waals surface area contributed by atoms with Crippen molar-refractivity contribution in [2.75, 3.05) is 0 Å². The van der Waals surface area contributed by atoms with Crippen molar-refractivity contribution >= 4 is 0 Å². The van der Waals surface area contributed by atoms with E-state index in [0.29, 0.717) is 0 Å². The Hall–Kier alpha value is 2.30. The molecule has 5 heavy (non-hydrogen) atoms. The molecule has 0 spiro atoms. The molecule has 0 amide bonds. The van der Waals surface area contributed by atoms with Crippen LogP contribution < -0.4 is 0 Å². The predicted octanol–water partition coefficient (Wildman–Crippen LogP) is 0.626. The monoisotopic (exact) mass is 275 g/mol. The average molecular weight is 274 g/mol. The van der Waals surface area contributed by atoms with E-state index in [1.807, 2.05) is 0 Å². The van der Waals surface area contributed by atoms with Gasteiger partial charge in [-0.05, 0) is 0 Å². The van der Waals surface area contributed by atoms with Gasteiger partial charge in [0, 0.05) is 73.5 Å². The van der Waals surface area contributed by atoms with Crippen LogP contribution in [0.15, 0.2) is 0 Å². The first kappa shape index (κ1) is 54.8. The fourth-order valence-corrected chi connectivity index (χ4v) is 0. The van der Waals surface area contributed by atoms with E-state index in [1.54, 1.807) is 0 Å². The molecule has 1 radical (unpaired) electrons. The molecule has 0 saturated heterocycles. The zero-order valence-corrected chi connectivity index (χ0v) is 7.25. The van der Waals surface area contributed by atoms with Gasteiger partial charge >= 0.3 is 0 Å². The molecule has 0 aromatic heterocycles. The van der Waals surface area contributed by atoms with Crippen LogP contribution in [0.5, 0.6) is 0 Å². The van der Waals surface area contributed by atoms with Crippen molar-refractivity contribution in [1.29, 1.82) is 0 Å². The van der Waals surface area contributed by atoms with E-state index in [-0.39, 0.29) is 80.9 Å². The molecule has 0 rings (SSSR count). The molecule has 35 valence electrons. The molecular weight excluding hydrogens is 270 g/mol. The maximum atomic E-state index is 0. The molecule has 0 aromatic rings. The first-order chi connectivity index (χ1) is 0. The Morgan fingerprint density at radius 1 is 1.00 bits per heavy atom. The molecule has 0 aromatic carbocycles. The van der Waals surface area contributed by atoms with Crippen LogP contribution in [0.2, 0.25) is 0 Å². The molecule has 0 saturated carbocycles. The van der Waals surface area contributed by atoms with E-state index >= 15 is 0 Å². The van der Waals surface area contributed by atoms with Gasteiger partial charge in [-0.15, -0.1) is 0 Å². The third kappa shape index (κ3) is 22.0. The maximum absolute atomic E-state index is 0. The minimum atomic E-state index is 0. The summed E-state index contributed by atoms with van der Waals surface area (Å²) in [7, 11) is 0. The maximum Gasteiger partial charge on any atom is 0 e. The van der Waals surface area contributed by atoms with E-state index in [4.69, 9.17) is 0 Å². The Bertz CT molecular complexity index is 11.6. The zero-order valence-electron chi connectivity index (χ0n) is 1.58. The molecule has 0 fully saturated rings. The summed E-state index contributed by atoms with van der Waals surface area (Å²) in [6.07, 6.45) is 0. The Morgan fingerprint density at radius 2 is 1.00 bits per heavy atom. The van der Waals surface area contributed by atoms with Crippen LogP contribution in [0.1, 0.15) is 7.43 Å². The van der Waals surface area contributed by atoms with Crippen LogP contribution in [-0.4, -0.2) is 0 Å². The summed E-state index contributed by atoms with van der Waals surface area (Å²) in [6.45, 7) is 0. The first-order valence-corrected chi connectivity index (χ1v) is 0. The Labute approximate surface area is 80.1 Å². The quantitative estimate of drug-likeness (QED) is 0.568. The van der Waals surface area contributed by atoms with Crippen molar-refractivity contribution in [3.8, 4) is 0 Å². The van der Waals surface area contributed by atoms with Crippen LogP contribution in [0.25, 0.3) is 0 Å². The fourth-order valence-electron chi connectivity index (χ4n) is 0. The van der Waals surface area contributed by atoms with E-state index in [0.717, 1.165) is 0 Å². The minimum absolute atomic E-state index is 0. The third-order valence-corrected chi connectivity index (χ3v) is 0. The summed E-state index contributed by atoms with van der Waals surface area (Å²) >= 11 is 0. The van der Waals surface area contributed by atoms with Crippen LogP contribution in [-0.2, 0) is 73.5 Å². The zero-order chi connectivity index (χ0) is 0. The molecule has 0 aliphatic rings. The van der Waals surface area contributed by atoms with Crippen LogP contribution in [0.3, 0.4) is 0 Å². The number of rotatable bonds is 0. The van der Waals surface area contributed by atoms with Gasteiger partial charge in [-0.2, -0.15) is 0 Å². The van der Waals surface area contributed by atoms with Gasteiger partial charge < -0.3 is 0 Å². The second kappa shape index (κ2) is 33.5. The molecule has 0 heterocycles. The van der Waals surface area contributed by atoms with Gasteiger partial charge in [-0.25, -0.2) is 0 Å². The van der Waals surface area contributed by atoms with Crippen molar-refractivity contribution < 1.29 is 73.5 Å². The van der Waals surface area contributed by atoms with E-state index < -0.39 is 0 Å². The molecule has 0 aliphatic heterocycles. The van der Waals surface area contributed by atoms with Gasteiger partial charge in [-0.1, -0.05) is 7.43 Å². The van der Waals surface area contributed by atoms with Gasteiger partial charge in [0.15, 0.2) is 0 Å². The largest absolute Gasteiger partial charge is 0.0776 e. The SMILES string of the molecule is C.[Cr].[Mo].[Ni].[V]. The summed E-state index contributed by atoms with van der Waals surface area (Å²) in [6, 6.07) is 0. The van der Waals surface area contributed by atoms with E-state index in [1.165, 1.54) is 0 Å². The van der Waals surface area contributed by atoms with Crippen molar-refractivity contribution in [2.45, 2.75) is 7.43 Å². The Kier molecular flexibility index (Phi) is 367. The molecule has 0 aliphatic carbocycles. The molecule has 4 heteroatoms. The summed E-state index contributed by atoms with van der Waals surface area (Å²) in [4.78, 5) is 0. The molecule has 0 atom stereocenters. The molecule has 0 unspecified atom stereocenters. The van der Waals surface area contributed by atoms with Gasteiger partial charge in [-0.3, -0.25) is 0 Å².